The van der Waals surface area contributed by atoms with E-state index in [4.69, 9.17) is 28.4 Å². The third kappa shape index (κ3) is 26.8. The lowest BCUT2D eigenvalue weighted by atomic mass is 10.1. The molecular weight excluding hydrogens is 712 g/mol. The van der Waals surface area contributed by atoms with Gasteiger partial charge in [0.15, 0.2) is 12.4 Å². The summed E-state index contributed by atoms with van der Waals surface area (Å²) in [7, 11) is 0. The molecule has 0 saturated carbocycles. The maximum atomic E-state index is 12.2. The lowest BCUT2D eigenvalue weighted by Crippen LogP contribution is -2.44. The van der Waals surface area contributed by atoms with Gasteiger partial charge in [0.25, 0.3) is 11.0 Å². The van der Waals surface area contributed by atoms with E-state index in [2.05, 4.69) is 146 Å². The van der Waals surface area contributed by atoms with E-state index in [-0.39, 0.29) is 36.4 Å². The molecule has 1 aliphatic rings. The third-order valence-electron chi connectivity index (χ3n) is 5.17. The first-order chi connectivity index (χ1) is 26.3. The van der Waals surface area contributed by atoms with Crippen molar-refractivity contribution in [1.29, 1.82) is 5.53 Å². The van der Waals surface area contributed by atoms with E-state index in [9.17, 15) is 19.7 Å². The van der Waals surface area contributed by atoms with Crippen LogP contribution in [0.2, 0.25) is 0 Å². The van der Waals surface area contributed by atoms with Crippen molar-refractivity contribution in [1.82, 2.24) is 10.2 Å². The van der Waals surface area contributed by atoms with E-state index < -0.39 is 17.2 Å². The van der Waals surface area contributed by atoms with Crippen LogP contribution in [0.4, 0.5) is 4.79 Å². The molecule has 20 nitrogen and oxygen atoms in total. The molecule has 0 aliphatic carbocycles. The minimum Gasteiger partial charge on any atom is -0.386 e. The fourth-order valence-corrected chi connectivity index (χ4v) is 3.13. The van der Waals surface area contributed by atoms with Crippen molar-refractivity contribution in [2.45, 2.75) is 32.4 Å². The van der Waals surface area contributed by atoms with Gasteiger partial charge in [0.05, 0.1) is 5.28 Å². The molecule has 1 aliphatic heterocycles. The normalized spacial score (nSPS) is 10.3. The monoisotopic (exact) mass is 764 g/mol. The van der Waals surface area contributed by atoms with E-state index in [0.717, 1.165) is 19.3 Å². The summed E-state index contributed by atoms with van der Waals surface area (Å²) in [4.78, 5) is 43.7. The van der Waals surface area contributed by atoms with Crippen molar-refractivity contribution in [2.75, 3.05) is 26.2 Å². The molecule has 1 aromatic heterocycles. The van der Waals surface area contributed by atoms with Gasteiger partial charge in [-0.2, -0.15) is 15.1 Å². The van der Waals surface area contributed by atoms with Crippen molar-refractivity contribution in [3.63, 3.8) is 0 Å². The molecule has 0 aromatic carbocycles. The molecule has 0 bridgehead atoms. The smallest absolute Gasteiger partial charge is 0.386 e. The number of hydrogen-bond acceptors (Lipinski definition) is 13. The molecule has 2 amide bonds. The molecule has 4 N–H and O–H groups in total. The number of carbonyl (C=O) groups is 2. The van der Waals surface area contributed by atoms with Crippen LogP contribution in [0.3, 0.4) is 0 Å². The Hall–Kier alpha value is -8.07. The van der Waals surface area contributed by atoms with Crippen LogP contribution in [0.15, 0.2) is 40.3 Å². The summed E-state index contributed by atoms with van der Waals surface area (Å²) < 4.78 is 7.07. The Morgan fingerprint density at radius 1 is 0.981 bits per heavy atom. The molecule has 1 saturated heterocycles. The van der Waals surface area contributed by atoms with Crippen molar-refractivity contribution < 1.29 is 76.3 Å². The van der Waals surface area contributed by atoms with Gasteiger partial charge in [-0.1, -0.05) is 0 Å². The Morgan fingerprint density at radius 2 is 1.54 bits per heavy atom. The first-order valence-electron chi connectivity index (χ1n) is 14.5. The number of terminal acetylenes is 2. The van der Waals surface area contributed by atoms with E-state index in [1.165, 1.54) is 0 Å². The summed E-state index contributed by atoms with van der Waals surface area (Å²) in [6.07, 6.45) is 15.2. The summed E-state index contributed by atoms with van der Waals surface area (Å²) in [6, 6.07) is 3.26. The summed E-state index contributed by atoms with van der Waals surface area (Å²) in [5.74, 6) is 37.8. The van der Waals surface area contributed by atoms with Crippen LogP contribution in [0.5, 0.6) is 0 Å². The number of nitrogens with one attached hydrogen (secondary N) is 2. The van der Waals surface area contributed by atoms with Crippen LogP contribution in [0, 0.1) is 123 Å². The number of rotatable bonds is 13. The molecule has 1 atom stereocenters. The van der Waals surface area contributed by atoms with E-state index in [1.54, 1.807) is 40.9 Å². The van der Waals surface area contributed by atoms with Gasteiger partial charge < -0.3 is 19.8 Å². The van der Waals surface area contributed by atoms with Gasteiger partial charge in [-0.15, -0.1) is 23.0 Å². The van der Waals surface area contributed by atoms with Crippen LogP contribution in [0.1, 0.15) is 59.9 Å². The number of pyridine rings is 1. The Bertz CT molecular complexity index is 1950. The Morgan fingerprint density at radius 3 is 2.04 bits per heavy atom. The summed E-state index contributed by atoms with van der Waals surface area (Å²) in [5.41, 5.74) is 6.36. The third-order valence-corrected chi connectivity index (χ3v) is 5.17. The van der Waals surface area contributed by atoms with Gasteiger partial charge in [0.2, 0.25) is 0 Å². The van der Waals surface area contributed by atoms with Gasteiger partial charge in [-0.25, -0.2) is 10.1 Å². The van der Waals surface area contributed by atoms with Gasteiger partial charge in [-0.05, 0) is 125 Å². The molecule has 1 aromatic rings. The van der Waals surface area contributed by atoms with E-state index in [0.29, 0.717) is 18.7 Å². The van der Waals surface area contributed by atoms with Crippen LogP contribution < -0.4 is 9.88 Å². The number of piperidine rings is 1. The zero-order valence-electron chi connectivity index (χ0n) is 28.2. The number of aromatic nitrogens is 1. The Labute approximate surface area is 326 Å². The molecular formula is C34H52N8O12+2. The highest BCUT2D eigenvalue weighted by Gasteiger charge is 2.24. The maximum Gasteiger partial charge on any atom is 0.414 e. The SMILES string of the molecule is C#CC#CC#CC#CC#CC#CC#CC#CC#C.CC(OC(=O)N1CCCCC1)[n+]1cccc(C(=O)NCCO[N+](=O)[O-])c1.N=N/N=N/OOOOO[OH2+].[HH].[HH].[HH].[HH].[HH].[HH].[HH].[HH].[HH].[HH].[HH].[HH]. The summed E-state index contributed by atoms with van der Waals surface area (Å²) in [6.45, 7) is 2.90. The Balaban J connectivity index is -0.0000000573. The Kier molecular flexibility index (Phi) is 28.4. The van der Waals surface area contributed by atoms with Gasteiger partial charge in [-0.3, -0.25) is 4.79 Å². The van der Waals surface area contributed by atoms with E-state index >= 15 is 0 Å². The minimum atomic E-state index is -0.916. The molecule has 2 rings (SSSR count). The highest BCUT2D eigenvalue weighted by atomic mass is 17.8. The largest absolute Gasteiger partial charge is 0.414 e. The van der Waals surface area contributed by atoms with Crippen LogP contribution in [0.25, 0.3) is 0 Å². The van der Waals surface area contributed by atoms with Gasteiger partial charge in [0, 0.05) is 70.1 Å². The molecule has 2 heterocycles. The number of carbonyl (C=O) groups excluding carboxylic acids is 2. The molecule has 0 spiro atoms. The minimum absolute atomic E-state index is 0. The average Bonchev–Trinajstić information content (AvgIpc) is 3.18. The number of ether oxygens (including phenoxy) is 1. The molecule has 54 heavy (non-hydrogen) atoms. The van der Waals surface area contributed by atoms with Crippen molar-refractivity contribution in [3.8, 4) is 108 Å². The molecule has 0 radical (unpaired) electrons. The zero-order chi connectivity index (χ0) is 39.9. The predicted molar refractivity (Wildman–Crippen MR) is 205 cm³/mol. The fraction of sp³-hybridized carbons (Fsp3) is 0.265. The molecule has 1 fully saturated rings. The maximum absolute atomic E-state index is 12.2. The second kappa shape index (κ2) is 33.4. The standard InChI is InChI=1S/C18H2.C16H22N4O6.H2N4O6.12H2/c1-3-5-7-9-11-13-15-17-18-16-14-12-10-8-6-4-2;1-13(26-16(22)18-8-3-2-4-9-18)19-10-5-6-14(12-19)15(21)17-7-11-25-20(23)24;1-2-3-4-6-8-10-9-7-5;;;;;;;;;;;;/h1-2H;5-6,10,12-13H,2-4,7-9,11H2,1H3;1,5H;12*1H/p+2/b;;2-1?,4-3+;;;;;;;;;;;;. The molecule has 1 unspecified atom stereocenters. The zero-order valence-corrected chi connectivity index (χ0v) is 28.2. The fourth-order valence-electron chi connectivity index (χ4n) is 3.13. The van der Waals surface area contributed by atoms with Crippen LogP contribution >= 0.6 is 0 Å². The first kappa shape index (κ1) is 45.9. The van der Waals surface area contributed by atoms with Gasteiger partial charge in [0.1, 0.15) is 17.2 Å². The van der Waals surface area contributed by atoms with Gasteiger partial charge >= 0.3 is 12.3 Å². The lowest BCUT2D eigenvalue weighted by Gasteiger charge is -2.26. The van der Waals surface area contributed by atoms with Crippen molar-refractivity contribution in [2.24, 2.45) is 15.7 Å². The lowest BCUT2D eigenvalue weighted by molar-refractivity contribution is -0.757. The highest BCUT2D eigenvalue weighted by molar-refractivity contribution is 5.93. The number of nitrogens with zero attached hydrogens (tertiary/aromatic N) is 6. The van der Waals surface area contributed by atoms with Crippen LogP contribution in [-0.2, 0) is 34.7 Å². The summed E-state index contributed by atoms with van der Waals surface area (Å²) in [5, 5.41) is 38.5. The second-order valence-corrected chi connectivity index (χ2v) is 8.56. The van der Waals surface area contributed by atoms with E-state index in [1.807, 2.05) is 0 Å². The quantitative estimate of drug-likeness (QED) is 0.0425. The molecule has 20 heteroatoms. The first-order valence-corrected chi connectivity index (χ1v) is 14.5. The van der Waals surface area contributed by atoms with Crippen molar-refractivity contribution >= 4 is 12.0 Å². The summed E-state index contributed by atoms with van der Waals surface area (Å²) >= 11 is 0. The average molecular weight is 765 g/mol. The molecule has 298 valence electrons. The van der Waals surface area contributed by atoms with Crippen LogP contribution in [-0.4, -0.2) is 53.5 Å². The number of hydrogen-bond donors (Lipinski definition) is 2. The predicted octanol–water partition coefficient (Wildman–Crippen LogP) is 3.96. The topological polar surface area (TPSA) is 245 Å². The van der Waals surface area contributed by atoms with Crippen molar-refractivity contribution in [3.05, 3.63) is 40.2 Å². The highest BCUT2D eigenvalue weighted by Crippen LogP contribution is 2.12. The number of amides is 2. The second-order valence-electron chi connectivity index (χ2n) is 8.56. The number of likely N-dealkylation sites (tertiary alicyclic amines) is 1.